The molecule has 2 aromatic carbocycles. The van der Waals surface area contributed by atoms with E-state index in [2.05, 4.69) is 20.6 Å². The number of halogens is 1. The molecule has 27 heavy (non-hydrogen) atoms. The number of aryl methyl sites for hydroxylation is 1. The maximum Gasteiger partial charge on any atom is 0.251 e. The fourth-order valence-electron chi connectivity index (χ4n) is 2.65. The van der Waals surface area contributed by atoms with Gasteiger partial charge in [0.15, 0.2) is 5.82 Å². The molecule has 0 unspecified atom stereocenters. The molecule has 0 atom stereocenters. The van der Waals surface area contributed by atoms with Crippen molar-refractivity contribution in [2.24, 2.45) is 0 Å². The Balaban J connectivity index is 1.44. The second-order valence-electron chi connectivity index (χ2n) is 5.96. The number of carbonyl (C=O) groups is 1. The van der Waals surface area contributed by atoms with Gasteiger partial charge in [0.2, 0.25) is 4.96 Å². The molecule has 0 bridgehead atoms. The summed E-state index contributed by atoms with van der Waals surface area (Å²) in [6.45, 7) is 2.48. The molecule has 1 amide bonds. The van der Waals surface area contributed by atoms with Gasteiger partial charge in [-0.3, -0.25) is 4.79 Å². The smallest absolute Gasteiger partial charge is 0.251 e. The van der Waals surface area contributed by atoms with E-state index in [0.717, 1.165) is 33.3 Å². The summed E-state index contributed by atoms with van der Waals surface area (Å²) < 4.78 is 1.79. The maximum absolute atomic E-state index is 12.2. The van der Waals surface area contributed by atoms with E-state index in [1.54, 1.807) is 28.8 Å². The first-order valence-electron chi connectivity index (χ1n) is 8.48. The first-order chi connectivity index (χ1) is 13.1. The van der Waals surface area contributed by atoms with Crippen LogP contribution in [0.2, 0.25) is 5.02 Å². The lowest BCUT2D eigenvalue weighted by Gasteiger charge is -2.06. The molecule has 136 valence electrons. The summed E-state index contributed by atoms with van der Waals surface area (Å²) in [7, 11) is 0. The minimum absolute atomic E-state index is 0.128. The van der Waals surface area contributed by atoms with Gasteiger partial charge in [-0.15, -0.1) is 10.2 Å². The van der Waals surface area contributed by atoms with E-state index in [4.69, 9.17) is 11.6 Å². The SMILES string of the molecule is CCc1nnc2sc(-c3ccc(CNC(=O)c4ccc(Cl)cc4)cc3)nn12. The molecule has 0 fully saturated rings. The quantitative estimate of drug-likeness (QED) is 0.552. The van der Waals surface area contributed by atoms with E-state index in [1.807, 2.05) is 31.2 Å². The second-order valence-corrected chi connectivity index (χ2v) is 7.35. The van der Waals surface area contributed by atoms with Crippen molar-refractivity contribution in [2.45, 2.75) is 19.9 Å². The highest BCUT2D eigenvalue weighted by molar-refractivity contribution is 7.19. The average Bonchev–Trinajstić information content (AvgIpc) is 3.27. The first kappa shape index (κ1) is 17.6. The van der Waals surface area contributed by atoms with Gasteiger partial charge in [-0.25, -0.2) is 0 Å². The Bertz CT molecular complexity index is 1090. The highest BCUT2D eigenvalue weighted by Gasteiger charge is 2.12. The highest BCUT2D eigenvalue weighted by Crippen LogP contribution is 2.25. The standard InChI is InChI=1S/C19H16ClN5OS/c1-2-16-22-23-19-25(16)24-18(27-19)14-5-3-12(4-6-14)11-21-17(26)13-7-9-15(20)10-8-13/h3-10H,2,11H2,1H3,(H,21,26). The summed E-state index contributed by atoms with van der Waals surface area (Å²) in [5, 5.41) is 17.3. The van der Waals surface area contributed by atoms with Crippen LogP contribution in [0.3, 0.4) is 0 Å². The molecule has 0 aliphatic heterocycles. The predicted molar refractivity (Wildman–Crippen MR) is 106 cm³/mol. The molecule has 0 aliphatic rings. The topological polar surface area (TPSA) is 72.2 Å². The predicted octanol–water partition coefficient (Wildman–Crippen LogP) is 4.00. The molecule has 8 heteroatoms. The van der Waals surface area contributed by atoms with Gasteiger partial charge in [0.05, 0.1) is 0 Å². The largest absolute Gasteiger partial charge is 0.348 e. The summed E-state index contributed by atoms with van der Waals surface area (Å²) in [6.07, 6.45) is 0.788. The Morgan fingerprint density at radius 1 is 1.11 bits per heavy atom. The zero-order valence-corrected chi connectivity index (χ0v) is 16.1. The van der Waals surface area contributed by atoms with Crippen LogP contribution >= 0.6 is 22.9 Å². The van der Waals surface area contributed by atoms with E-state index < -0.39 is 0 Å². The van der Waals surface area contributed by atoms with E-state index in [9.17, 15) is 4.79 Å². The van der Waals surface area contributed by atoms with E-state index >= 15 is 0 Å². The molecule has 0 spiro atoms. The minimum Gasteiger partial charge on any atom is -0.348 e. The molecule has 4 aromatic rings. The fraction of sp³-hybridized carbons (Fsp3) is 0.158. The molecule has 0 aliphatic carbocycles. The third kappa shape index (κ3) is 3.70. The highest BCUT2D eigenvalue weighted by atomic mass is 35.5. The number of fused-ring (bicyclic) bond motifs is 1. The first-order valence-corrected chi connectivity index (χ1v) is 9.67. The summed E-state index contributed by atoms with van der Waals surface area (Å²) in [4.78, 5) is 13.0. The normalized spacial score (nSPS) is 11.0. The maximum atomic E-state index is 12.2. The second kappa shape index (κ2) is 7.46. The fourth-order valence-corrected chi connectivity index (χ4v) is 3.64. The molecular formula is C19H16ClN5OS. The van der Waals surface area contributed by atoms with Crippen LogP contribution in [0.4, 0.5) is 0 Å². The number of aromatic nitrogens is 4. The third-order valence-electron chi connectivity index (χ3n) is 4.13. The Kier molecular flexibility index (Phi) is 4.87. The number of hydrogen-bond donors (Lipinski definition) is 1. The van der Waals surface area contributed by atoms with Crippen molar-refractivity contribution in [3.63, 3.8) is 0 Å². The monoisotopic (exact) mass is 397 g/mol. The van der Waals surface area contributed by atoms with Crippen LogP contribution in [0.25, 0.3) is 15.5 Å². The zero-order chi connectivity index (χ0) is 18.8. The van der Waals surface area contributed by atoms with Crippen LogP contribution in [-0.4, -0.2) is 25.7 Å². The van der Waals surface area contributed by atoms with Gasteiger partial charge in [-0.2, -0.15) is 9.61 Å². The van der Waals surface area contributed by atoms with Crippen molar-refractivity contribution in [1.82, 2.24) is 25.1 Å². The molecule has 1 N–H and O–H groups in total. The van der Waals surface area contributed by atoms with Crippen LogP contribution in [0.5, 0.6) is 0 Å². The molecule has 0 radical (unpaired) electrons. The minimum atomic E-state index is -0.128. The number of nitrogens with zero attached hydrogens (tertiary/aromatic N) is 4. The van der Waals surface area contributed by atoms with E-state index in [0.29, 0.717) is 17.1 Å². The molecule has 0 saturated carbocycles. The Morgan fingerprint density at radius 3 is 2.56 bits per heavy atom. The van der Waals surface area contributed by atoms with E-state index in [1.165, 1.54) is 11.3 Å². The van der Waals surface area contributed by atoms with Crippen molar-refractivity contribution >= 4 is 33.8 Å². The summed E-state index contributed by atoms with van der Waals surface area (Å²) in [6, 6.07) is 14.8. The third-order valence-corrected chi connectivity index (χ3v) is 5.33. The lowest BCUT2D eigenvalue weighted by molar-refractivity contribution is 0.0951. The number of amides is 1. The molecule has 4 rings (SSSR count). The van der Waals surface area contributed by atoms with Crippen molar-refractivity contribution in [3.05, 3.63) is 70.5 Å². The van der Waals surface area contributed by atoms with Crippen molar-refractivity contribution < 1.29 is 4.79 Å². The Hall–Kier alpha value is -2.77. The number of benzene rings is 2. The lowest BCUT2D eigenvalue weighted by atomic mass is 10.1. The summed E-state index contributed by atoms with van der Waals surface area (Å²) in [5.41, 5.74) is 2.61. The van der Waals surface area contributed by atoms with Crippen LogP contribution in [0.1, 0.15) is 28.7 Å². The number of nitrogens with one attached hydrogen (secondary N) is 1. The van der Waals surface area contributed by atoms with E-state index in [-0.39, 0.29) is 5.91 Å². The Labute approximate surface area is 164 Å². The van der Waals surface area contributed by atoms with Gasteiger partial charge in [0.25, 0.3) is 5.91 Å². The van der Waals surface area contributed by atoms with Gasteiger partial charge >= 0.3 is 0 Å². The lowest BCUT2D eigenvalue weighted by Crippen LogP contribution is -2.22. The van der Waals surface area contributed by atoms with Gasteiger partial charge in [0, 0.05) is 29.1 Å². The number of carbonyl (C=O) groups excluding carboxylic acids is 1. The van der Waals surface area contributed by atoms with Gasteiger partial charge < -0.3 is 5.32 Å². The van der Waals surface area contributed by atoms with Crippen molar-refractivity contribution in [2.75, 3.05) is 0 Å². The Morgan fingerprint density at radius 2 is 1.85 bits per heavy atom. The van der Waals surface area contributed by atoms with Crippen LogP contribution in [0, 0.1) is 0 Å². The summed E-state index contributed by atoms with van der Waals surface area (Å²) in [5.74, 6) is 0.727. The molecule has 0 saturated heterocycles. The van der Waals surface area contributed by atoms with Gasteiger partial charge in [0.1, 0.15) is 5.01 Å². The average molecular weight is 398 g/mol. The van der Waals surface area contributed by atoms with Crippen LogP contribution in [-0.2, 0) is 13.0 Å². The van der Waals surface area contributed by atoms with Crippen LogP contribution in [0.15, 0.2) is 48.5 Å². The molecule has 2 heterocycles. The number of hydrogen-bond acceptors (Lipinski definition) is 5. The van der Waals surface area contributed by atoms with Crippen molar-refractivity contribution in [3.8, 4) is 10.6 Å². The molecular weight excluding hydrogens is 382 g/mol. The van der Waals surface area contributed by atoms with Crippen LogP contribution < -0.4 is 5.32 Å². The van der Waals surface area contributed by atoms with Gasteiger partial charge in [-0.05, 0) is 29.8 Å². The van der Waals surface area contributed by atoms with Gasteiger partial charge in [-0.1, -0.05) is 54.1 Å². The number of rotatable bonds is 5. The summed E-state index contributed by atoms with van der Waals surface area (Å²) >= 11 is 7.35. The molecule has 6 nitrogen and oxygen atoms in total. The van der Waals surface area contributed by atoms with Crippen molar-refractivity contribution in [1.29, 1.82) is 0 Å². The molecule has 2 aromatic heterocycles. The zero-order valence-electron chi connectivity index (χ0n) is 14.5.